The number of rotatable bonds is 2. The van der Waals surface area contributed by atoms with Gasteiger partial charge in [-0.3, -0.25) is 9.78 Å². The van der Waals surface area contributed by atoms with Crippen molar-refractivity contribution in [3.63, 3.8) is 0 Å². The molecule has 0 saturated carbocycles. The van der Waals surface area contributed by atoms with E-state index in [1.165, 1.54) is 12.4 Å². The molecule has 0 atom stereocenters. The fourth-order valence-electron chi connectivity index (χ4n) is 1.26. The predicted octanol–water partition coefficient (Wildman–Crippen LogP) is -3.50. The molecule has 70 valence electrons. The molecule has 15 heavy (non-hydrogen) atoms. The van der Waals surface area contributed by atoms with Gasteiger partial charge in [-0.25, -0.2) is 0 Å². The van der Waals surface area contributed by atoms with Gasteiger partial charge < -0.3 is 14.9 Å². The number of carbonyl (C=O) groups is 2. The molecule has 0 spiro atoms. The number of carboxylic acid groups (broad SMARTS) is 1. The number of ketones is 1. The fraction of sp³-hybridized carbons (Fsp3) is 0. The molecule has 0 radical (unpaired) electrons. The fourth-order valence-corrected chi connectivity index (χ4v) is 1.26. The maximum atomic E-state index is 11.1. The van der Waals surface area contributed by atoms with E-state index in [2.05, 4.69) is 9.97 Å². The number of aliphatic carboxylic acids is 1. The third kappa shape index (κ3) is 2.35. The van der Waals surface area contributed by atoms with Crippen LogP contribution >= 0.6 is 0 Å². The number of carboxylic acids is 1. The first kappa shape index (κ1) is 12.5. The Bertz CT molecular complexity index is 521. The van der Waals surface area contributed by atoms with Crippen LogP contribution in [0, 0.1) is 0 Å². The molecular formula is C9H5KN2O3. The predicted molar refractivity (Wildman–Crippen MR) is 45.4 cm³/mol. The summed E-state index contributed by atoms with van der Waals surface area (Å²) in [6.07, 6.45) is 4.32. The summed E-state index contributed by atoms with van der Waals surface area (Å²) in [7, 11) is 0. The van der Waals surface area contributed by atoms with Crippen LogP contribution in [0.15, 0.2) is 24.7 Å². The normalized spacial score (nSPS) is 9.60. The van der Waals surface area contributed by atoms with Crippen molar-refractivity contribution in [2.45, 2.75) is 0 Å². The molecule has 1 N–H and O–H groups in total. The van der Waals surface area contributed by atoms with E-state index in [1.54, 1.807) is 12.3 Å². The van der Waals surface area contributed by atoms with Crippen molar-refractivity contribution in [1.82, 2.24) is 9.97 Å². The average molecular weight is 228 g/mol. The van der Waals surface area contributed by atoms with Crippen LogP contribution in [0.1, 0.15) is 10.4 Å². The van der Waals surface area contributed by atoms with Crippen molar-refractivity contribution in [1.29, 1.82) is 0 Å². The summed E-state index contributed by atoms with van der Waals surface area (Å²) >= 11 is 0. The van der Waals surface area contributed by atoms with Crippen LogP contribution in [0.2, 0.25) is 0 Å². The molecule has 0 fully saturated rings. The second kappa shape index (κ2) is 5.00. The molecule has 0 aliphatic carbocycles. The Kier molecular flexibility index (Phi) is 4.18. The van der Waals surface area contributed by atoms with E-state index in [1.807, 2.05) is 0 Å². The van der Waals surface area contributed by atoms with Gasteiger partial charge in [0.2, 0.25) is 5.78 Å². The summed E-state index contributed by atoms with van der Waals surface area (Å²) in [5.74, 6) is -2.75. The Morgan fingerprint density at radius 3 is 2.80 bits per heavy atom. The molecule has 2 aromatic rings. The van der Waals surface area contributed by atoms with Gasteiger partial charge in [-0.2, -0.15) is 0 Å². The number of aromatic nitrogens is 2. The molecule has 0 aliphatic heterocycles. The molecular weight excluding hydrogens is 223 g/mol. The van der Waals surface area contributed by atoms with E-state index in [9.17, 15) is 14.7 Å². The number of hydrogen-bond donors (Lipinski definition) is 1. The number of pyridine rings is 1. The number of nitrogens with zero attached hydrogens (tertiary/aromatic N) is 1. The van der Waals surface area contributed by atoms with E-state index in [0.717, 1.165) is 0 Å². The standard InChI is InChI=1S/C9H6N2O3.K/c12-8(9(13)14)6-4-11-7-1-2-10-3-5(6)7;/h1-4,11H,(H,13,14);/q;+1/p-1. The number of H-pyrrole nitrogens is 1. The van der Waals surface area contributed by atoms with Crippen molar-refractivity contribution >= 4 is 22.7 Å². The smallest absolute Gasteiger partial charge is 0.541 e. The molecule has 2 heterocycles. The molecule has 0 bridgehead atoms. The van der Waals surface area contributed by atoms with Crippen LogP contribution in [0.4, 0.5) is 0 Å². The zero-order chi connectivity index (χ0) is 10.1. The Balaban J connectivity index is 0.00000112. The Labute approximate surface area is 127 Å². The first-order chi connectivity index (χ1) is 6.70. The van der Waals surface area contributed by atoms with E-state index >= 15 is 0 Å². The number of carbonyl (C=O) groups excluding carboxylic acids is 2. The minimum atomic E-state index is -1.71. The zero-order valence-electron chi connectivity index (χ0n) is 7.98. The first-order valence-electron chi connectivity index (χ1n) is 3.87. The van der Waals surface area contributed by atoms with Gasteiger partial charge in [0, 0.05) is 29.5 Å². The Morgan fingerprint density at radius 2 is 2.13 bits per heavy atom. The van der Waals surface area contributed by atoms with Gasteiger partial charge >= 0.3 is 51.4 Å². The van der Waals surface area contributed by atoms with Crippen LogP contribution in [-0.2, 0) is 4.79 Å². The molecule has 0 amide bonds. The minimum absolute atomic E-state index is 0. The third-order valence-electron chi connectivity index (χ3n) is 1.91. The summed E-state index contributed by atoms with van der Waals surface area (Å²) in [5, 5.41) is 10.8. The summed E-state index contributed by atoms with van der Waals surface area (Å²) < 4.78 is 0. The van der Waals surface area contributed by atoms with Gasteiger partial charge in [0.25, 0.3) is 0 Å². The molecule has 0 unspecified atom stereocenters. The zero-order valence-corrected chi connectivity index (χ0v) is 11.1. The molecule has 0 aromatic carbocycles. The monoisotopic (exact) mass is 228 g/mol. The summed E-state index contributed by atoms with van der Waals surface area (Å²) in [6, 6.07) is 1.65. The summed E-state index contributed by atoms with van der Waals surface area (Å²) in [6.45, 7) is 0. The van der Waals surface area contributed by atoms with Gasteiger partial charge in [0.1, 0.15) is 5.97 Å². The first-order valence-corrected chi connectivity index (χ1v) is 3.87. The largest absolute Gasteiger partial charge is 1.00 e. The van der Waals surface area contributed by atoms with Crippen molar-refractivity contribution < 1.29 is 66.1 Å². The van der Waals surface area contributed by atoms with E-state index in [4.69, 9.17) is 0 Å². The Morgan fingerprint density at radius 1 is 1.40 bits per heavy atom. The molecule has 5 nitrogen and oxygen atoms in total. The average Bonchev–Trinajstić information content (AvgIpc) is 2.60. The van der Waals surface area contributed by atoms with Crippen molar-refractivity contribution in [3.05, 3.63) is 30.2 Å². The third-order valence-corrected chi connectivity index (χ3v) is 1.91. The van der Waals surface area contributed by atoms with Gasteiger partial charge in [0.15, 0.2) is 0 Å². The Hall–Kier alpha value is -0.534. The number of hydrogen-bond acceptors (Lipinski definition) is 4. The number of aromatic amines is 1. The minimum Gasteiger partial charge on any atom is -0.541 e. The van der Waals surface area contributed by atoms with Crippen molar-refractivity contribution in [3.8, 4) is 0 Å². The quantitative estimate of drug-likeness (QED) is 0.328. The van der Waals surface area contributed by atoms with Gasteiger partial charge in [-0.1, -0.05) is 0 Å². The summed E-state index contributed by atoms with van der Waals surface area (Å²) in [5.41, 5.74) is 0.748. The van der Waals surface area contributed by atoms with Crippen molar-refractivity contribution in [2.24, 2.45) is 0 Å². The summed E-state index contributed by atoms with van der Waals surface area (Å²) in [4.78, 5) is 28.0. The van der Waals surface area contributed by atoms with Gasteiger partial charge in [-0.05, 0) is 6.07 Å². The van der Waals surface area contributed by atoms with Crippen LogP contribution in [0.5, 0.6) is 0 Å². The topological polar surface area (TPSA) is 85.9 Å². The van der Waals surface area contributed by atoms with E-state index < -0.39 is 11.8 Å². The molecule has 2 rings (SSSR count). The van der Waals surface area contributed by atoms with Gasteiger partial charge in [-0.15, -0.1) is 0 Å². The van der Waals surface area contributed by atoms with E-state index in [-0.39, 0.29) is 56.9 Å². The maximum absolute atomic E-state index is 11.1. The maximum Gasteiger partial charge on any atom is 1.00 e. The van der Waals surface area contributed by atoms with E-state index in [0.29, 0.717) is 10.9 Å². The van der Waals surface area contributed by atoms with Crippen LogP contribution in [0.25, 0.3) is 10.9 Å². The van der Waals surface area contributed by atoms with Crippen LogP contribution in [-0.4, -0.2) is 21.7 Å². The SMILES string of the molecule is O=C([O-])C(=O)c1c[nH]c2ccncc12.[K+]. The van der Waals surface area contributed by atoms with Crippen LogP contribution in [0.3, 0.4) is 0 Å². The second-order valence-electron chi connectivity index (χ2n) is 2.74. The molecule has 2 aromatic heterocycles. The molecule has 0 saturated heterocycles. The number of nitrogens with one attached hydrogen (secondary N) is 1. The van der Waals surface area contributed by atoms with Crippen LogP contribution < -0.4 is 56.5 Å². The van der Waals surface area contributed by atoms with Crippen molar-refractivity contribution in [2.75, 3.05) is 0 Å². The second-order valence-corrected chi connectivity index (χ2v) is 2.74. The molecule has 6 heteroatoms. The number of fused-ring (bicyclic) bond motifs is 1. The van der Waals surface area contributed by atoms with Gasteiger partial charge in [0.05, 0.1) is 5.56 Å². The molecule has 0 aliphatic rings. The number of Topliss-reactive ketones (excluding diaryl/α,β-unsaturated/α-hetero) is 1.